The Bertz CT molecular complexity index is 1170. The Morgan fingerprint density at radius 3 is 2.69 bits per heavy atom. The summed E-state index contributed by atoms with van der Waals surface area (Å²) in [5, 5.41) is 13.1. The fourth-order valence-electron chi connectivity index (χ4n) is 4.48. The fraction of sp³-hybridized carbons (Fsp3) is 0.385. The van der Waals surface area contributed by atoms with E-state index in [0.29, 0.717) is 23.6 Å². The third kappa shape index (κ3) is 6.44. The average molecular weight is 479 g/mol. The number of aromatic nitrogens is 3. The monoisotopic (exact) mass is 478 g/mol. The van der Waals surface area contributed by atoms with Gasteiger partial charge in [0.15, 0.2) is 5.82 Å². The van der Waals surface area contributed by atoms with E-state index in [9.17, 15) is 14.0 Å². The van der Waals surface area contributed by atoms with E-state index >= 15 is 0 Å². The molecule has 9 heteroatoms. The summed E-state index contributed by atoms with van der Waals surface area (Å²) in [5.74, 6) is -0.647. The zero-order chi connectivity index (χ0) is 24.8. The number of pyridine rings is 1. The van der Waals surface area contributed by atoms with E-state index in [1.807, 2.05) is 20.2 Å². The molecule has 3 N–H and O–H groups in total. The van der Waals surface area contributed by atoms with Gasteiger partial charge in [0.2, 0.25) is 5.91 Å². The molecule has 35 heavy (non-hydrogen) atoms. The molecule has 0 radical (unpaired) electrons. The van der Waals surface area contributed by atoms with Gasteiger partial charge in [-0.25, -0.2) is 4.39 Å². The molecule has 0 saturated heterocycles. The van der Waals surface area contributed by atoms with Crippen molar-refractivity contribution in [1.29, 1.82) is 0 Å². The van der Waals surface area contributed by atoms with Crippen LogP contribution in [0, 0.1) is 11.7 Å². The molecule has 0 bridgehead atoms. The highest BCUT2D eigenvalue weighted by molar-refractivity contribution is 5.98. The summed E-state index contributed by atoms with van der Waals surface area (Å²) in [6.07, 6.45) is 11.2. The molecule has 1 aliphatic rings. The molecule has 1 aliphatic carbocycles. The van der Waals surface area contributed by atoms with Crippen molar-refractivity contribution in [2.24, 2.45) is 13.0 Å². The van der Waals surface area contributed by atoms with Crippen LogP contribution in [0.15, 0.2) is 55.1 Å². The first-order valence-electron chi connectivity index (χ1n) is 12.0. The van der Waals surface area contributed by atoms with E-state index in [2.05, 4.69) is 26.0 Å². The van der Waals surface area contributed by atoms with E-state index in [4.69, 9.17) is 0 Å². The predicted octanol–water partition coefficient (Wildman–Crippen LogP) is 4.25. The molecule has 1 fully saturated rings. The van der Waals surface area contributed by atoms with E-state index in [0.717, 1.165) is 37.4 Å². The summed E-state index contributed by atoms with van der Waals surface area (Å²) in [5.41, 5.74) is 2.10. The van der Waals surface area contributed by atoms with Gasteiger partial charge in [-0.2, -0.15) is 5.10 Å². The summed E-state index contributed by atoms with van der Waals surface area (Å²) in [7, 11) is 1.83. The van der Waals surface area contributed by atoms with Gasteiger partial charge < -0.3 is 16.0 Å². The SMILES string of the molecule is C[C@@H](NC(=O)[C@H](CC1CCCC1)NC(=O)c1cccc(Nc2ccncc2F)c1)c1cnn(C)c1. The molecule has 0 spiro atoms. The predicted molar refractivity (Wildman–Crippen MR) is 132 cm³/mol. The normalized spacial score (nSPS) is 15.4. The first-order valence-corrected chi connectivity index (χ1v) is 12.0. The lowest BCUT2D eigenvalue weighted by molar-refractivity contribution is -0.124. The lowest BCUT2D eigenvalue weighted by atomic mass is 9.97. The first kappa shape index (κ1) is 24.4. The smallest absolute Gasteiger partial charge is 0.252 e. The maximum Gasteiger partial charge on any atom is 0.252 e. The lowest BCUT2D eigenvalue weighted by Crippen LogP contribution is -2.48. The lowest BCUT2D eigenvalue weighted by Gasteiger charge is -2.23. The molecular formula is C26H31FN6O2. The molecule has 184 valence electrons. The van der Waals surface area contributed by atoms with Gasteiger partial charge >= 0.3 is 0 Å². The molecule has 2 heterocycles. The van der Waals surface area contributed by atoms with E-state index < -0.39 is 11.9 Å². The number of aryl methyl sites for hydroxylation is 1. The average Bonchev–Trinajstić information content (AvgIpc) is 3.52. The Hall–Kier alpha value is -3.75. The van der Waals surface area contributed by atoms with Gasteiger partial charge in [0.05, 0.1) is 24.1 Å². The van der Waals surface area contributed by atoms with Crippen LogP contribution in [0.2, 0.25) is 0 Å². The van der Waals surface area contributed by atoms with Gasteiger partial charge in [0.25, 0.3) is 5.91 Å². The number of hydrogen-bond acceptors (Lipinski definition) is 5. The fourth-order valence-corrected chi connectivity index (χ4v) is 4.48. The van der Waals surface area contributed by atoms with E-state index in [1.165, 1.54) is 12.3 Å². The van der Waals surface area contributed by atoms with Crippen molar-refractivity contribution in [3.05, 3.63) is 72.1 Å². The highest BCUT2D eigenvalue weighted by atomic mass is 19.1. The second-order valence-corrected chi connectivity index (χ2v) is 9.15. The van der Waals surface area contributed by atoms with Gasteiger partial charge in [0.1, 0.15) is 6.04 Å². The van der Waals surface area contributed by atoms with Crippen molar-refractivity contribution in [1.82, 2.24) is 25.4 Å². The van der Waals surface area contributed by atoms with E-state index in [-0.39, 0.29) is 23.5 Å². The minimum absolute atomic E-state index is 0.213. The zero-order valence-corrected chi connectivity index (χ0v) is 20.0. The number of carbonyl (C=O) groups excluding carboxylic acids is 2. The van der Waals surface area contributed by atoms with Gasteiger partial charge in [-0.3, -0.25) is 19.3 Å². The number of benzene rings is 1. The van der Waals surface area contributed by atoms with Crippen molar-refractivity contribution in [2.45, 2.75) is 51.1 Å². The van der Waals surface area contributed by atoms with Gasteiger partial charge in [-0.05, 0) is 43.5 Å². The summed E-state index contributed by atoms with van der Waals surface area (Å²) < 4.78 is 15.7. The zero-order valence-electron chi connectivity index (χ0n) is 20.0. The molecule has 8 nitrogen and oxygen atoms in total. The third-order valence-electron chi connectivity index (χ3n) is 6.43. The molecule has 2 aromatic heterocycles. The second-order valence-electron chi connectivity index (χ2n) is 9.15. The molecule has 0 unspecified atom stereocenters. The van der Waals surface area contributed by atoms with Crippen molar-refractivity contribution >= 4 is 23.2 Å². The number of anilines is 2. The number of carbonyl (C=O) groups is 2. The number of nitrogens with zero attached hydrogens (tertiary/aromatic N) is 3. The van der Waals surface area contributed by atoms with Crippen LogP contribution in [0.3, 0.4) is 0 Å². The maximum atomic E-state index is 14.0. The quantitative estimate of drug-likeness (QED) is 0.427. The van der Waals surface area contributed by atoms with Gasteiger partial charge in [-0.15, -0.1) is 0 Å². The molecule has 0 aliphatic heterocycles. The number of nitrogens with one attached hydrogen (secondary N) is 3. The summed E-state index contributed by atoms with van der Waals surface area (Å²) in [4.78, 5) is 30.1. The largest absolute Gasteiger partial charge is 0.353 e. The van der Waals surface area contributed by atoms with Crippen LogP contribution in [0.1, 0.15) is 61.0 Å². The minimum atomic E-state index is -0.654. The van der Waals surface area contributed by atoms with Crippen molar-refractivity contribution in [3.63, 3.8) is 0 Å². The number of halogens is 1. The van der Waals surface area contributed by atoms with E-state index in [1.54, 1.807) is 35.1 Å². The van der Waals surface area contributed by atoms with Crippen molar-refractivity contribution in [2.75, 3.05) is 5.32 Å². The maximum absolute atomic E-state index is 14.0. The standard InChI is InChI=1S/C26H31FN6O2/c1-17(20-14-29-33(2)16-20)30-26(35)24(12-18-6-3-4-7-18)32-25(34)19-8-5-9-21(13-19)31-23-10-11-28-15-22(23)27/h5,8-11,13-18,24H,3-4,6-7,12H2,1-2H3,(H,28,31)(H,30,35)(H,32,34)/t17-,24+/m1/s1. The molecule has 4 rings (SSSR count). The second kappa shape index (κ2) is 11.1. The molecule has 1 saturated carbocycles. The van der Waals surface area contributed by atoms with Crippen molar-refractivity contribution < 1.29 is 14.0 Å². The molecule has 3 aromatic rings. The Balaban J connectivity index is 1.46. The minimum Gasteiger partial charge on any atom is -0.353 e. The Morgan fingerprint density at radius 2 is 1.97 bits per heavy atom. The topological polar surface area (TPSA) is 101 Å². The van der Waals surface area contributed by atoms with Crippen molar-refractivity contribution in [3.8, 4) is 0 Å². The van der Waals surface area contributed by atoms with Gasteiger partial charge in [0, 0.05) is 36.3 Å². The van der Waals surface area contributed by atoms with Crippen LogP contribution in [0.4, 0.5) is 15.8 Å². The van der Waals surface area contributed by atoms with Crippen LogP contribution >= 0.6 is 0 Å². The van der Waals surface area contributed by atoms with Gasteiger partial charge in [-0.1, -0.05) is 31.7 Å². The van der Waals surface area contributed by atoms with Crippen LogP contribution in [-0.2, 0) is 11.8 Å². The Morgan fingerprint density at radius 1 is 1.17 bits per heavy atom. The highest BCUT2D eigenvalue weighted by Gasteiger charge is 2.28. The third-order valence-corrected chi connectivity index (χ3v) is 6.43. The summed E-state index contributed by atoms with van der Waals surface area (Å²) in [6, 6.07) is 7.40. The number of rotatable bonds is 9. The Labute approximate surface area is 204 Å². The van der Waals surface area contributed by atoms with Crippen LogP contribution in [0.25, 0.3) is 0 Å². The number of amides is 2. The summed E-state index contributed by atoms with van der Waals surface area (Å²) >= 11 is 0. The molecular weight excluding hydrogens is 447 g/mol. The van der Waals surface area contributed by atoms with Crippen LogP contribution in [0.5, 0.6) is 0 Å². The van der Waals surface area contributed by atoms with Crippen LogP contribution in [-0.4, -0.2) is 32.6 Å². The van der Waals surface area contributed by atoms with Crippen LogP contribution < -0.4 is 16.0 Å². The first-order chi connectivity index (χ1) is 16.9. The summed E-state index contributed by atoms with van der Waals surface area (Å²) in [6.45, 7) is 1.90. The number of hydrogen-bond donors (Lipinski definition) is 3. The highest BCUT2D eigenvalue weighted by Crippen LogP contribution is 2.29. The Kier molecular flexibility index (Phi) is 7.74. The molecule has 2 atom stereocenters. The molecule has 2 amide bonds. The molecule has 1 aromatic carbocycles.